The van der Waals surface area contributed by atoms with E-state index in [0.717, 1.165) is 11.1 Å². The predicted molar refractivity (Wildman–Crippen MR) is 101 cm³/mol. The lowest BCUT2D eigenvalue weighted by Crippen LogP contribution is -2.14. The lowest BCUT2D eigenvalue weighted by Gasteiger charge is -2.13. The maximum Gasteiger partial charge on any atom is 0.259 e. The smallest absolute Gasteiger partial charge is 0.259 e. The molecule has 0 aromatic heterocycles. The third-order valence-electron chi connectivity index (χ3n) is 3.89. The monoisotopic (exact) mass is 369 g/mol. The van der Waals surface area contributed by atoms with Gasteiger partial charge in [0.05, 0.1) is 5.56 Å². The van der Waals surface area contributed by atoms with Gasteiger partial charge < -0.3 is 10.1 Å². The zero-order valence-corrected chi connectivity index (χ0v) is 14.9. The SMILES string of the molecule is Cc1ccc(F)cc1NC(=O)c1ccccc1OCc1ccc(Cl)cc1. The average molecular weight is 370 g/mol. The fourth-order valence-corrected chi connectivity index (χ4v) is 2.57. The first kappa shape index (κ1) is 18.0. The van der Waals surface area contributed by atoms with Crippen LogP contribution < -0.4 is 10.1 Å². The molecule has 0 unspecified atom stereocenters. The molecule has 1 N–H and O–H groups in total. The van der Waals surface area contributed by atoms with Gasteiger partial charge >= 0.3 is 0 Å². The molecule has 0 heterocycles. The Morgan fingerprint density at radius 3 is 2.58 bits per heavy atom. The number of rotatable bonds is 5. The Bertz CT molecular complexity index is 926. The first-order valence-electron chi connectivity index (χ1n) is 8.07. The van der Waals surface area contributed by atoms with E-state index in [0.29, 0.717) is 28.6 Å². The van der Waals surface area contributed by atoms with Crippen molar-refractivity contribution in [3.8, 4) is 5.75 Å². The van der Waals surface area contributed by atoms with Gasteiger partial charge in [-0.25, -0.2) is 4.39 Å². The molecular weight excluding hydrogens is 353 g/mol. The molecule has 5 heteroatoms. The summed E-state index contributed by atoms with van der Waals surface area (Å²) in [4.78, 5) is 12.6. The predicted octanol–water partition coefficient (Wildman–Crippen LogP) is 5.62. The van der Waals surface area contributed by atoms with E-state index in [-0.39, 0.29) is 5.91 Å². The highest BCUT2D eigenvalue weighted by Gasteiger charge is 2.14. The van der Waals surface area contributed by atoms with Crippen LogP contribution >= 0.6 is 11.6 Å². The molecule has 1 amide bonds. The maximum absolute atomic E-state index is 13.4. The summed E-state index contributed by atoms with van der Waals surface area (Å²) >= 11 is 5.88. The van der Waals surface area contributed by atoms with Crippen LogP contribution in [0.5, 0.6) is 5.75 Å². The summed E-state index contributed by atoms with van der Waals surface area (Å²) in [5.74, 6) is -0.308. The molecular formula is C21H17ClFNO2. The number of carbonyl (C=O) groups excluding carboxylic acids is 1. The summed E-state index contributed by atoms with van der Waals surface area (Å²) in [6.45, 7) is 2.11. The van der Waals surface area contributed by atoms with Gasteiger partial charge in [-0.1, -0.05) is 41.9 Å². The van der Waals surface area contributed by atoms with Crippen LogP contribution in [0.15, 0.2) is 66.7 Å². The highest BCUT2D eigenvalue weighted by atomic mass is 35.5. The standard InChI is InChI=1S/C21H17ClFNO2/c1-14-6-11-17(23)12-19(14)24-21(25)18-4-2-3-5-20(18)26-13-15-7-9-16(22)10-8-15/h2-12H,13H2,1H3,(H,24,25). The molecule has 0 saturated carbocycles. The van der Waals surface area contributed by atoms with E-state index in [1.54, 1.807) is 49.4 Å². The number of anilines is 1. The molecule has 3 rings (SSSR count). The van der Waals surface area contributed by atoms with Crippen molar-refractivity contribution < 1.29 is 13.9 Å². The fraction of sp³-hybridized carbons (Fsp3) is 0.0952. The third-order valence-corrected chi connectivity index (χ3v) is 4.14. The van der Waals surface area contributed by atoms with Gasteiger partial charge in [0, 0.05) is 10.7 Å². The highest BCUT2D eigenvalue weighted by Crippen LogP contribution is 2.23. The first-order chi connectivity index (χ1) is 12.5. The Labute approximate surface area is 156 Å². The molecule has 0 aliphatic heterocycles. The number of para-hydroxylation sites is 1. The molecule has 3 aromatic carbocycles. The van der Waals surface area contributed by atoms with Gasteiger partial charge in [-0.15, -0.1) is 0 Å². The van der Waals surface area contributed by atoms with Gasteiger partial charge in [0.1, 0.15) is 18.2 Å². The Hall–Kier alpha value is -2.85. The highest BCUT2D eigenvalue weighted by molar-refractivity contribution is 6.30. The molecule has 0 bridgehead atoms. The summed E-state index contributed by atoms with van der Waals surface area (Å²) < 4.78 is 19.2. The van der Waals surface area contributed by atoms with E-state index in [9.17, 15) is 9.18 Å². The Morgan fingerprint density at radius 1 is 1.08 bits per heavy atom. The molecule has 0 atom stereocenters. The molecule has 0 radical (unpaired) electrons. The summed E-state index contributed by atoms with van der Waals surface area (Å²) in [6.07, 6.45) is 0. The fourth-order valence-electron chi connectivity index (χ4n) is 2.44. The Kier molecular flexibility index (Phi) is 5.54. The van der Waals surface area contributed by atoms with Crippen LogP contribution in [0, 0.1) is 12.7 Å². The number of amides is 1. The van der Waals surface area contributed by atoms with E-state index in [1.807, 2.05) is 12.1 Å². The number of nitrogens with one attached hydrogen (secondary N) is 1. The Balaban J connectivity index is 1.76. The maximum atomic E-state index is 13.4. The van der Waals surface area contributed by atoms with Gasteiger partial charge in [0.25, 0.3) is 5.91 Å². The van der Waals surface area contributed by atoms with Crippen molar-refractivity contribution in [2.24, 2.45) is 0 Å². The zero-order chi connectivity index (χ0) is 18.5. The molecule has 0 fully saturated rings. The van der Waals surface area contributed by atoms with Crippen LogP contribution in [0.2, 0.25) is 5.02 Å². The van der Waals surface area contributed by atoms with E-state index in [2.05, 4.69) is 5.32 Å². The van der Waals surface area contributed by atoms with E-state index in [1.165, 1.54) is 12.1 Å². The van der Waals surface area contributed by atoms with Crippen molar-refractivity contribution in [1.82, 2.24) is 0 Å². The summed E-state index contributed by atoms with van der Waals surface area (Å²) in [7, 11) is 0. The molecule has 0 aliphatic rings. The number of ether oxygens (including phenoxy) is 1. The number of benzene rings is 3. The van der Waals surface area contributed by atoms with E-state index >= 15 is 0 Å². The van der Waals surface area contributed by atoms with Crippen molar-refractivity contribution >= 4 is 23.2 Å². The van der Waals surface area contributed by atoms with Crippen LogP contribution in [-0.2, 0) is 6.61 Å². The quantitative estimate of drug-likeness (QED) is 0.634. The number of carbonyl (C=O) groups is 1. The van der Waals surface area contributed by atoms with Crippen molar-refractivity contribution in [1.29, 1.82) is 0 Å². The molecule has 132 valence electrons. The topological polar surface area (TPSA) is 38.3 Å². The molecule has 3 aromatic rings. The van der Waals surface area contributed by atoms with Crippen LogP contribution in [0.4, 0.5) is 10.1 Å². The van der Waals surface area contributed by atoms with Gasteiger partial charge in [0.15, 0.2) is 0 Å². The summed E-state index contributed by atoms with van der Waals surface area (Å²) in [6, 6.07) is 18.5. The van der Waals surface area contributed by atoms with E-state index in [4.69, 9.17) is 16.3 Å². The second kappa shape index (κ2) is 8.02. The lowest BCUT2D eigenvalue weighted by molar-refractivity contribution is 0.102. The summed E-state index contributed by atoms with van der Waals surface area (Å²) in [5.41, 5.74) is 2.53. The first-order valence-corrected chi connectivity index (χ1v) is 8.44. The summed E-state index contributed by atoms with van der Waals surface area (Å²) in [5, 5.41) is 3.39. The second-order valence-corrected chi connectivity index (χ2v) is 6.26. The van der Waals surface area contributed by atoms with Crippen molar-refractivity contribution in [3.63, 3.8) is 0 Å². The van der Waals surface area contributed by atoms with Crippen molar-refractivity contribution in [2.45, 2.75) is 13.5 Å². The van der Waals surface area contributed by atoms with E-state index < -0.39 is 5.82 Å². The van der Waals surface area contributed by atoms with Gasteiger partial charge in [-0.2, -0.15) is 0 Å². The molecule has 0 spiro atoms. The van der Waals surface area contributed by atoms with Gasteiger partial charge in [-0.05, 0) is 54.4 Å². The van der Waals surface area contributed by atoms with Crippen LogP contribution in [-0.4, -0.2) is 5.91 Å². The minimum atomic E-state index is -0.404. The second-order valence-electron chi connectivity index (χ2n) is 5.82. The average Bonchev–Trinajstić information content (AvgIpc) is 2.64. The van der Waals surface area contributed by atoms with Gasteiger partial charge in [0.2, 0.25) is 0 Å². The van der Waals surface area contributed by atoms with Crippen LogP contribution in [0.25, 0.3) is 0 Å². The largest absolute Gasteiger partial charge is 0.488 e. The van der Waals surface area contributed by atoms with Crippen LogP contribution in [0.1, 0.15) is 21.5 Å². The minimum absolute atomic E-state index is 0.306. The molecule has 26 heavy (non-hydrogen) atoms. The minimum Gasteiger partial charge on any atom is -0.488 e. The Morgan fingerprint density at radius 2 is 1.81 bits per heavy atom. The molecule has 3 nitrogen and oxygen atoms in total. The molecule has 0 aliphatic carbocycles. The normalized spacial score (nSPS) is 10.4. The van der Waals surface area contributed by atoms with Crippen LogP contribution in [0.3, 0.4) is 0 Å². The lowest BCUT2D eigenvalue weighted by atomic mass is 10.1. The van der Waals surface area contributed by atoms with Gasteiger partial charge in [-0.3, -0.25) is 4.79 Å². The number of aryl methyl sites for hydroxylation is 1. The number of hydrogen-bond acceptors (Lipinski definition) is 2. The number of halogens is 2. The zero-order valence-electron chi connectivity index (χ0n) is 14.1. The van der Waals surface area contributed by atoms with Crippen molar-refractivity contribution in [3.05, 3.63) is 94.3 Å². The third kappa shape index (κ3) is 4.41. The van der Waals surface area contributed by atoms with Crippen molar-refractivity contribution in [2.75, 3.05) is 5.32 Å². The number of hydrogen-bond donors (Lipinski definition) is 1. The molecule has 0 saturated heterocycles.